The second kappa shape index (κ2) is 13.3. The number of nitrogens with one attached hydrogen (secondary N) is 3. The van der Waals surface area contributed by atoms with E-state index < -0.39 is 17.9 Å². The van der Waals surface area contributed by atoms with E-state index in [2.05, 4.69) is 32.9 Å². The minimum absolute atomic E-state index is 0.180. The highest BCUT2D eigenvalue weighted by atomic mass is 35.5. The fourth-order valence-corrected chi connectivity index (χ4v) is 4.39. The summed E-state index contributed by atoms with van der Waals surface area (Å²) < 4.78 is 0. The van der Waals surface area contributed by atoms with E-state index in [0.29, 0.717) is 34.1 Å². The first-order valence-corrected chi connectivity index (χ1v) is 12.8. The van der Waals surface area contributed by atoms with Crippen molar-refractivity contribution < 1.29 is 14.4 Å². The molecule has 3 amide bonds. The number of hydrogen-bond donors (Lipinski definition) is 4. The minimum Gasteiger partial charge on any atom is -0.352 e. The summed E-state index contributed by atoms with van der Waals surface area (Å²) in [5, 5.41) is 17.1. The first kappa shape index (κ1) is 28.2. The molecule has 1 aliphatic heterocycles. The number of carbonyl (C=O) groups is 3. The van der Waals surface area contributed by atoms with Gasteiger partial charge in [-0.1, -0.05) is 48.0 Å². The van der Waals surface area contributed by atoms with Crippen molar-refractivity contribution in [3.8, 4) is 0 Å². The Balaban J connectivity index is 1.53. The summed E-state index contributed by atoms with van der Waals surface area (Å²) in [6.45, 7) is 3.85. The van der Waals surface area contributed by atoms with E-state index in [1.807, 2.05) is 36.4 Å². The Hall–Kier alpha value is -4.80. The third-order valence-electron chi connectivity index (χ3n) is 6.16. The number of nitrogens with zero attached hydrogens (tertiary/aromatic N) is 3. The van der Waals surface area contributed by atoms with Crippen LogP contribution in [-0.4, -0.2) is 43.4 Å². The molecule has 0 aromatic heterocycles. The molecule has 10 nitrogen and oxygen atoms in total. The Morgan fingerprint density at radius 3 is 2.73 bits per heavy atom. The minimum atomic E-state index is -0.903. The molecule has 0 fully saturated rings. The Morgan fingerprint density at radius 2 is 1.95 bits per heavy atom. The van der Waals surface area contributed by atoms with Crippen LogP contribution in [0.5, 0.6) is 0 Å². The summed E-state index contributed by atoms with van der Waals surface area (Å²) in [4.78, 5) is 38.6. The van der Waals surface area contributed by atoms with Crippen LogP contribution in [0.3, 0.4) is 0 Å². The first-order valence-electron chi connectivity index (χ1n) is 12.4. The van der Waals surface area contributed by atoms with Crippen LogP contribution < -0.4 is 26.8 Å². The molecule has 0 aliphatic carbocycles. The third kappa shape index (κ3) is 7.40. The summed E-state index contributed by atoms with van der Waals surface area (Å²) in [5.74, 6) is 4.90. The summed E-state index contributed by atoms with van der Waals surface area (Å²) in [5.41, 5.74) is 3.82. The SMILES string of the molecule is C=N/N=C\N(N)c1ccc(Cl)cc1/C=C/C(=O)N[C@@H](Cc1ccccc1)C(=O)Nc1ccc2c(c1)C(=O)NCC2. The Labute approximate surface area is 236 Å². The molecule has 11 heteroatoms. The van der Waals surface area contributed by atoms with Crippen molar-refractivity contribution in [1.82, 2.24) is 10.6 Å². The van der Waals surface area contributed by atoms with E-state index in [-0.39, 0.29) is 12.3 Å². The van der Waals surface area contributed by atoms with Gasteiger partial charge in [-0.25, -0.2) is 5.84 Å². The molecule has 204 valence electrons. The van der Waals surface area contributed by atoms with E-state index >= 15 is 0 Å². The molecule has 3 aromatic rings. The molecule has 5 N–H and O–H groups in total. The number of amides is 3. The monoisotopic (exact) mass is 557 g/mol. The third-order valence-corrected chi connectivity index (χ3v) is 6.39. The van der Waals surface area contributed by atoms with E-state index in [9.17, 15) is 14.4 Å². The van der Waals surface area contributed by atoms with Crippen LogP contribution in [0.15, 0.2) is 83.0 Å². The molecule has 0 saturated carbocycles. The zero-order valence-corrected chi connectivity index (χ0v) is 22.3. The van der Waals surface area contributed by atoms with Gasteiger partial charge in [0.1, 0.15) is 12.4 Å². The lowest BCUT2D eigenvalue weighted by atomic mass is 9.99. The van der Waals surface area contributed by atoms with Crippen molar-refractivity contribution in [2.24, 2.45) is 16.0 Å². The van der Waals surface area contributed by atoms with Crippen molar-refractivity contribution in [2.45, 2.75) is 18.9 Å². The van der Waals surface area contributed by atoms with Gasteiger partial charge in [0.2, 0.25) is 11.8 Å². The largest absolute Gasteiger partial charge is 0.352 e. The number of carbonyl (C=O) groups excluding carboxylic acids is 3. The van der Waals surface area contributed by atoms with E-state index in [4.69, 9.17) is 17.4 Å². The molecular weight excluding hydrogens is 530 g/mol. The lowest BCUT2D eigenvalue weighted by Crippen LogP contribution is -2.44. The number of fused-ring (bicyclic) bond motifs is 1. The quantitative estimate of drug-likeness (QED) is 0.0994. The number of halogens is 1. The summed E-state index contributed by atoms with van der Waals surface area (Å²) in [7, 11) is 0. The van der Waals surface area contributed by atoms with Crippen molar-refractivity contribution in [2.75, 3.05) is 16.9 Å². The van der Waals surface area contributed by atoms with E-state index in [0.717, 1.165) is 17.5 Å². The highest BCUT2D eigenvalue weighted by molar-refractivity contribution is 6.30. The zero-order chi connectivity index (χ0) is 28.5. The maximum atomic E-state index is 13.3. The van der Waals surface area contributed by atoms with E-state index in [1.54, 1.807) is 30.3 Å². The Bertz CT molecular complexity index is 1470. The van der Waals surface area contributed by atoms with Crippen molar-refractivity contribution in [1.29, 1.82) is 0 Å². The predicted octanol–water partition coefficient (Wildman–Crippen LogP) is 3.33. The number of anilines is 2. The molecule has 4 rings (SSSR count). The lowest BCUT2D eigenvalue weighted by molar-refractivity contribution is -0.123. The number of hydrazine groups is 1. The van der Waals surface area contributed by atoms with Gasteiger partial charge in [-0.05, 0) is 54.0 Å². The second-order valence-corrected chi connectivity index (χ2v) is 9.37. The van der Waals surface area contributed by atoms with Crippen molar-refractivity contribution in [3.63, 3.8) is 0 Å². The predicted molar refractivity (Wildman–Crippen MR) is 158 cm³/mol. The van der Waals surface area contributed by atoms with Crippen LogP contribution in [-0.2, 0) is 22.4 Å². The highest BCUT2D eigenvalue weighted by Crippen LogP contribution is 2.24. The summed E-state index contributed by atoms with van der Waals surface area (Å²) in [6.07, 6.45) is 5.06. The first-order chi connectivity index (χ1) is 19.3. The summed E-state index contributed by atoms with van der Waals surface area (Å²) >= 11 is 6.15. The smallest absolute Gasteiger partial charge is 0.251 e. The van der Waals surface area contributed by atoms with Gasteiger partial charge < -0.3 is 16.0 Å². The number of nitrogens with two attached hydrogens (primary N) is 1. The normalized spacial score (nSPS) is 13.4. The van der Waals surface area contributed by atoms with Crippen LogP contribution in [0.25, 0.3) is 6.08 Å². The Kier molecular flexibility index (Phi) is 9.39. The van der Waals surface area contributed by atoms with Crippen LogP contribution in [0.1, 0.15) is 27.0 Å². The van der Waals surface area contributed by atoms with Crippen molar-refractivity contribution >= 4 is 59.8 Å². The van der Waals surface area contributed by atoms with Gasteiger partial charge in [0, 0.05) is 47.6 Å². The fourth-order valence-electron chi connectivity index (χ4n) is 4.21. The maximum Gasteiger partial charge on any atom is 0.251 e. The molecular formula is C29H28ClN7O3. The van der Waals surface area contributed by atoms with Gasteiger partial charge in [0.15, 0.2) is 0 Å². The average Bonchev–Trinajstić information content (AvgIpc) is 2.95. The van der Waals surface area contributed by atoms with Gasteiger partial charge in [-0.3, -0.25) is 19.4 Å². The van der Waals surface area contributed by atoms with Gasteiger partial charge in [-0.2, -0.15) is 5.10 Å². The molecule has 0 bridgehead atoms. The topological polar surface area (TPSA) is 141 Å². The zero-order valence-electron chi connectivity index (χ0n) is 21.5. The molecule has 0 spiro atoms. The molecule has 3 aromatic carbocycles. The van der Waals surface area contributed by atoms with E-state index in [1.165, 1.54) is 23.5 Å². The van der Waals surface area contributed by atoms with Gasteiger partial charge in [-0.15, -0.1) is 5.10 Å². The van der Waals surface area contributed by atoms with Gasteiger partial charge >= 0.3 is 0 Å². The second-order valence-electron chi connectivity index (χ2n) is 8.93. The van der Waals surface area contributed by atoms with Crippen LogP contribution in [0.4, 0.5) is 11.4 Å². The van der Waals surface area contributed by atoms with Crippen LogP contribution >= 0.6 is 11.6 Å². The van der Waals surface area contributed by atoms with Crippen LogP contribution in [0.2, 0.25) is 5.02 Å². The Morgan fingerprint density at radius 1 is 1.15 bits per heavy atom. The molecule has 1 atom stereocenters. The highest BCUT2D eigenvalue weighted by Gasteiger charge is 2.22. The number of hydrogen-bond acceptors (Lipinski definition) is 6. The van der Waals surface area contributed by atoms with Gasteiger partial charge in [0.05, 0.1) is 5.69 Å². The number of rotatable bonds is 10. The summed E-state index contributed by atoms with van der Waals surface area (Å²) in [6, 6.07) is 18.6. The van der Waals surface area contributed by atoms with Crippen LogP contribution in [0, 0.1) is 0 Å². The van der Waals surface area contributed by atoms with Crippen molar-refractivity contribution in [3.05, 3.63) is 100 Å². The number of benzene rings is 3. The fraction of sp³-hybridized carbons (Fsp3) is 0.138. The lowest BCUT2D eigenvalue weighted by Gasteiger charge is -2.20. The maximum absolute atomic E-state index is 13.3. The average molecular weight is 558 g/mol. The van der Waals surface area contributed by atoms with Gasteiger partial charge in [0.25, 0.3) is 5.91 Å². The molecule has 40 heavy (non-hydrogen) atoms. The standard InChI is InChI=1S/C29H28ClN7O3/c1-32-34-18-37(31)26-11-9-22(30)16-21(26)8-12-27(38)36-25(15-19-5-3-2-4-6-19)29(40)35-23-10-7-20-13-14-33-28(39)24(20)17-23/h2-12,16-18,25H,1,13-15,31H2,(H,33,39)(H,35,40)(H,36,38)/b12-8+,34-18-/t25-/m0/s1. The molecule has 0 saturated heterocycles. The molecule has 0 unspecified atom stereocenters. The molecule has 1 aliphatic rings. The molecule has 1 heterocycles. The molecule has 0 radical (unpaired) electrons.